The molecule has 2 rings (SSSR count). The van der Waals surface area contributed by atoms with Crippen LogP contribution in [0.3, 0.4) is 0 Å². The van der Waals surface area contributed by atoms with E-state index in [1.807, 2.05) is 18.2 Å². The molecule has 1 aliphatic rings. The van der Waals surface area contributed by atoms with Gasteiger partial charge >= 0.3 is 0 Å². The molecule has 1 saturated heterocycles. The molecule has 1 fully saturated rings. The maximum absolute atomic E-state index is 5.76. The summed E-state index contributed by atoms with van der Waals surface area (Å²) >= 11 is 3.47. The Kier molecular flexibility index (Phi) is 4.21. The predicted octanol–water partition coefficient (Wildman–Crippen LogP) is 2.47. The molecule has 1 aromatic rings. The molecule has 2 N–H and O–H groups in total. The third-order valence-corrected chi connectivity index (χ3v) is 3.47. The van der Waals surface area contributed by atoms with E-state index in [2.05, 4.69) is 15.9 Å². The van der Waals surface area contributed by atoms with Crippen LogP contribution in [0.2, 0.25) is 0 Å². The van der Waals surface area contributed by atoms with Gasteiger partial charge in [0, 0.05) is 23.2 Å². The molecule has 0 aliphatic carbocycles. The van der Waals surface area contributed by atoms with Crippen molar-refractivity contribution < 1.29 is 9.47 Å². The Morgan fingerprint density at radius 3 is 3.06 bits per heavy atom. The van der Waals surface area contributed by atoms with Crippen LogP contribution in [0.4, 0.5) is 0 Å². The lowest BCUT2D eigenvalue weighted by atomic mass is 10.2. The minimum absolute atomic E-state index is 0.240. The van der Waals surface area contributed by atoms with Gasteiger partial charge in [0.15, 0.2) is 0 Å². The zero-order valence-corrected chi connectivity index (χ0v) is 10.7. The molecule has 1 aromatic carbocycles. The molecule has 1 aliphatic heterocycles. The first kappa shape index (κ1) is 11.9. The molecule has 0 bridgehead atoms. The number of hydrogen-bond acceptors (Lipinski definition) is 3. The third-order valence-electron chi connectivity index (χ3n) is 2.73. The summed E-state index contributed by atoms with van der Waals surface area (Å²) in [4.78, 5) is 0. The summed E-state index contributed by atoms with van der Waals surface area (Å²) in [5.74, 6) is 0.854. The van der Waals surface area contributed by atoms with Gasteiger partial charge in [0.25, 0.3) is 0 Å². The molecule has 0 saturated carbocycles. The predicted molar refractivity (Wildman–Crippen MR) is 66.5 cm³/mol. The van der Waals surface area contributed by atoms with E-state index in [1.165, 1.54) is 0 Å². The summed E-state index contributed by atoms with van der Waals surface area (Å²) in [6.45, 7) is 1.95. The van der Waals surface area contributed by atoms with E-state index in [1.54, 1.807) is 0 Å². The molecule has 16 heavy (non-hydrogen) atoms. The van der Waals surface area contributed by atoms with Crippen molar-refractivity contribution in [3.8, 4) is 5.75 Å². The number of hydrogen-bond donors (Lipinski definition) is 1. The van der Waals surface area contributed by atoms with Crippen molar-refractivity contribution >= 4 is 15.9 Å². The Morgan fingerprint density at radius 2 is 2.38 bits per heavy atom. The van der Waals surface area contributed by atoms with Crippen LogP contribution in [0, 0.1) is 0 Å². The Bertz CT molecular complexity index is 351. The molecule has 1 atom stereocenters. The van der Waals surface area contributed by atoms with Gasteiger partial charge in [0.1, 0.15) is 12.4 Å². The lowest BCUT2D eigenvalue weighted by molar-refractivity contribution is 0.0676. The van der Waals surface area contributed by atoms with Gasteiger partial charge in [-0.25, -0.2) is 0 Å². The van der Waals surface area contributed by atoms with Crippen molar-refractivity contribution in [1.82, 2.24) is 0 Å². The number of benzene rings is 1. The topological polar surface area (TPSA) is 44.5 Å². The van der Waals surface area contributed by atoms with Crippen molar-refractivity contribution in [3.63, 3.8) is 0 Å². The number of halogens is 1. The Labute approximate surface area is 104 Å². The van der Waals surface area contributed by atoms with Crippen LogP contribution in [0.1, 0.15) is 18.4 Å². The van der Waals surface area contributed by atoms with Crippen molar-refractivity contribution in [1.29, 1.82) is 0 Å². The first-order valence-corrected chi connectivity index (χ1v) is 6.32. The van der Waals surface area contributed by atoms with Crippen LogP contribution in [-0.2, 0) is 11.3 Å². The van der Waals surface area contributed by atoms with Gasteiger partial charge < -0.3 is 15.2 Å². The number of rotatable bonds is 4. The summed E-state index contributed by atoms with van der Waals surface area (Å²) in [5, 5.41) is 0. The van der Waals surface area contributed by atoms with Crippen LogP contribution >= 0.6 is 15.9 Å². The summed E-state index contributed by atoms with van der Waals surface area (Å²) in [6.07, 6.45) is 2.46. The maximum Gasteiger partial charge on any atom is 0.125 e. The standard InChI is InChI=1S/C12H16BrNO2/c13-11-4-1-5-12(10(11)7-14)16-8-9-3-2-6-15-9/h1,4-5,9H,2-3,6-8,14H2. The Balaban J connectivity index is 2.00. The van der Waals surface area contributed by atoms with E-state index >= 15 is 0 Å². The van der Waals surface area contributed by atoms with Gasteiger partial charge in [-0.2, -0.15) is 0 Å². The molecular weight excluding hydrogens is 270 g/mol. The monoisotopic (exact) mass is 285 g/mol. The van der Waals surface area contributed by atoms with Crippen LogP contribution in [0.5, 0.6) is 5.75 Å². The first-order chi connectivity index (χ1) is 7.81. The van der Waals surface area contributed by atoms with E-state index in [0.29, 0.717) is 13.2 Å². The van der Waals surface area contributed by atoms with Gasteiger partial charge in [0.2, 0.25) is 0 Å². The van der Waals surface area contributed by atoms with Gasteiger partial charge in [0.05, 0.1) is 6.10 Å². The fourth-order valence-corrected chi connectivity index (χ4v) is 2.34. The SMILES string of the molecule is NCc1c(Br)cccc1OCC1CCCO1. The fraction of sp³-hybridized carbons (Fsp3) is 0.500. The molecule has 88 valence electrons. The molecule has 0 spiro atoms. The molecule has 1 unspecified atom stereocenters. The normalized spacial score (nSPS) is 20.0. The van der Waals surface area contributed by atoms with Crippen molar-refractivity contribution in [2.45, 2.75) is 25.5 Å². The average molecular weight is 286 g/mol. The van der Waals surface area contributed by atoms with Crippen molar-refractivity contribution in [2.75, 3.05) is 13.2 Å². The Morgan fingerprint density at radius 1 is 1.50 bits per heavy atom. The molecule has 0 radical (unpaired) electrons. The molecule has 0 amide bonds. The number of ether oxygens (including phenoxy) is 2. The quantitative estimate of drug-likeness (QED) is 0.924. The first-order valence-electron chi connectivity index (χ1n) is 5.53. The molecular formula is C12H16BrNO2. The summed E-state index contributed by atoms with van der Waals surface area (Å²) in [7, 11) is 0. The van der Waals surface area contributed by atoms with Crippen molar-refractivity contribution in [2.24, 2.45) is 5.73 Å². The minimum Gasteiger partial charge on any atom is -0.491 e. The third kappa shape index (κ3) is 2.75. The van der Waals surface area contributed by atoms with Gasteiger partial charge in [-0.15, -0.1) is 0 Å². The highest BCUT2D eigenvalue weighted by molar-refractivity contribution is 9.10. The highest BCUT2D eigenvalue weighted by Crippen LogP contribution is 2.27. The van der Waals surface area contributed by atoms with Crippen molar-refractivity contribution in [3.05, 3.63) is 28.2 Å². The maximum atomic E-state index is 5.76. The largest absolute Gasteiger partial charge is 0.491 e. The highest BCUT2D eigenvalue weighted by Gasteiger charge is 2.16. The average Bonchev–Trinajstić information content (AvgIpc) is 2.79. The summed E-state index contributed by atoms with van der Waals surface area (Å²) < 4.78 is 12.3. The van der Waals surface area contributed by atoms with Gasteiger partial charge in [-0.1, -0.05) is 22.0 Å². The molecule has 4 heteroatoms. The number of nitrogens with two attached hydrogens (primary N) is 1. The lowest BCUT2D eigenvalue weighted by Crippen LogP contribution is -2.17. The van der Waals surface area contributed by atoms with Crippen LogP contribution in [0.25, 0.3) is 0 Å². The van der Waals surface area contributed by atoms with E-state index in [9.17, 15) is 0 Å². The molecule has 3 nitrogen and oxygen atoms in total. The summed E-state index contributed by atoms with van der Waals surface area (Å²) in [6, 6.07) is 5.87. The van der Waals surface area contributed by atoms with Crippen LogP contribution in [0.15, 0.2) is 22.7 Å². The van der Waals surface area contributed by atoms with Gasteiger partial charge in [-0.3, -0.25) is 0 Å². The molecule has 1 heterocycles. The zero-order chi connectivity index (χ0) is 11.4. The minimum atomic E-state index is 0.240. The fourth-order valence-electron chi connectivity index (χ4n) is 1.83. The van der Waals surface area contributed by atoms with Gasteiger partial charge in [-0.05, 0) is 25.0 Å². The highest BCUT2D eigenvalue weighted by atomic mass is 79.9. The van der Waals surface area contributed by atoms with Crippen LogP contribution < -0.4 is 10.5 Å². The summed E-state index contributed by atoms with van der Waals surface area (Å²) in [5.41, 5.74) is 6.71. The van der Waals surface area contributed by atoms with E-state index < -0.39 is 0 Å². The van der Waals surface area contributed by atoms with E-state index in [0.717, 1.165) is 35.2 Å². The van der Waals surface area contributed by atoms with E-state index in [4.69, 9.17) is 15.2 Å². The lowest BCUT2D eigenvalue weighted by Gasteiger charge is -2.14. The van der Waals surface area contributed by atoms with Crippen LogP contribution in [-0.4, -0.2) is 19.3 Å². The second-order valence-corrected chi connectivity index (χ2v) is 4.72. The smallest absolute Gasteiger partial charge is 0.125 e. The molecule has 0 aromatic heterocycles. The Hall–Kier alpha value is -0.580. The second-order valence-electron chi connectivity index (χ2n) is 3.87. The van der Waals surface area contributed by atoms with E-state index in [-0.39, 0.29) is 6.10 Å². The second kappa shape index (κ2) is 5.66. The zero-order valence-electron chi connectivity index (χ0n) is 9.12.